The van der Waals surface area contributed by atoms with Crippen molar-refractivity contribution in [1.29, 1.82) is 0 Å². The molecule has 27 heavy (non-hydrogen) atoms. The predicted molar refractivity (Wildman–Crippen MR) is 108 cm³/mol. The van der Waals surface area contributed by atoms with E-state index in [-0.39, 0.29) is 24.7 Å². The smallest absolute Gasteiger partial charge is 0.240 e. The third kappa shape index (κ3) is 4.95. The minimum atomic E-state index is -0.275. The van der Waals surface area contributed by atoms with E-state index in [0.717, 1.165) is 36.1 Å². The van der Waals surface area contributed by atoms with Gasteiger partial charge in [-0.3, -0.25) is 9.59 Å². The minimum Gasteiger partial charge on any atom is -0.326 e. The highest BCUT2D eigenvalue weighted by atomic mass is 35.5. The number of benzene rings is 2. The third-order valence-corrected chi connectivity index (χ3v) is 5.03. The Morgan fingerprint density at radius 3 is 2.67 bits per heavy atom. The lowest BCUT2D eigenvalue weighted by molar-refractivity contribution is -0.124. The van der Waals surface area contributed by atoms with Crippen LogP contribution in [0.15, 0.2) is 47.6 Å². The SMILES string of the molecule is Cc1c(Cl)cccc1NC(=O)CCC(=O)NN=C1CCCc2ccccc21. The van der Waals surface area contributed by atoms with Crippen molar-refractivity contribution in [2.24, 2.45) is 5.10 Å². The third-order valence-electron chi connectivity index (χ3n) is 4.62. The van der Waals surface area contributed by atoms with Crippen molar-refractivity contribution in [2.45, 2.75) is 39.0 Å². The van der Waals surface area contributed by atoms with E-state index in [4.69, 9.17) is 11.6 Å². The van der Waals surface area contributed by atoms with Crippen LogP contribution in [0.25, 0.3) is 0 Å². The Balaban J connectivity index is 1.52. The topological polar surface area (TPSA) is 70.6 Å². The van der Waals surface area contributed by atoms with Gasteiger partial charge < -0.3 is 5.32 Å². The Hall–Kier alpha value is -2.66. The van der Waals surface area contributed by atoms with E-state index >= 15 is 0 Å². The monoisotopic (exact) mass is 383 g/mol. The Kier molecular flexibility index (Phi) is 6.24. The van der Waals surface area contributed by atoms with Gasteiger partial charge in [0.2, 0.25) is 11.8 Å². The number of nitrogens with zero attached hydrogens (tertiary/aromatic N) is 1. The lowest BCUT2D eigenvalue weighted by Gasteiger charge is -2.17. The van der Waals surface area contributed by atoms with E-state index in [1.54, 1.807) is 18.2 Å². The number of fused-ring (bicyclic) bond motifs is 1. The maximum Gasteiger partial charge on any atom is 0.240 e. The van der Waals surface area contributed by atoms with Gasteiger partial charge in [0.1, 0.15) is 0 Å². The zero-order chi connectivity index (χ0) is 19.2. The van der Waals surface area contributed by atoms with Crippen LogP contribution in [0.1, 0.15) is 42.4 Å². The van der Waals surface area contributed by atoms with E-state index in [1.807, 2.05) is 25.1 Å². The van der Waals surface area contributed by atoms with E-state index in [2.05, 4.69) is 21.9 Å². The van der Waals surface area contributed by atoms with Gasteiger partial charge in [-0.15, -0.1) is 0 Å². The minimum absolute atomic E-state index is 0.0733. The van der Waals surface area contributed by atoms with Gasteiger partial charge in [-0.2, -0.15) is 5.10 Å². The summed E-state index contributed by atoms with van der Waals surface area (Å²) in [7, 11) is 0. The number of halogens is 1. The van der Waals surface area contributed by atoms with Gasteiger partial charge in [-0.25, -0.2) is 5.43 Å². The number of rotatable bonds is 5. The number of nitrogens with one attached hydrogen (secondary N) is 2. The summed E-state index contributed by atoms with van der Waals surface area (Å²) in [5.41, 5.74) is 7.29. The summed E-state index contributed by atoms with van der Waals surface area (Å²) in [5, 5.41) is 7.66. The van der Waals surface area contributed by atoms with Crippen molar-refractivity contribution < 1.29 is 9.59 Å². The zero-order valence-electron chi connectivity index (χ0n) is 15.2. The number of anilines is 1. The van der Waals surface area contributed by atoms with Crippen LogP contribution in [-0.4, -0.2) is 17.5 Å². The van der Waals surface area contributed by atoms with Crippen molar-refractivity contribution in [3.8, 4) is 0 Å². The molecule has 0 atom stereocenters. The molecule has 0 saturated heterocycles. The van der Waals surface area contributed by atoms with Crippen LogP contribution in [0.3, 0.4) is 0 Å². The quantitative estimate of drug-likeness (QED) is 0.758. The summed E-state index contributed by atoms with van der Waals surface area (Å²) in [6, 6.07) is 13.4. The Bertz CT molecular complexity index is 893. The number of hydrogen-bond acceptors (Lipinski definition) is 3. The molecule has 2 amide bonds. The number of hydrazone groups is 1. The molecule has 0 spiro atoms. The number of carbonyl (C=O) groups excluding carboxylic acids is 2. The summed E-state index contributed by atoms with van der Waals surface area (Å²) in [5.74, 6) is -0.505. The normalized spacial score (nSPS) is 14.5. The molecular weight excluding hydrogens is 362 g/mol. The second-order valence-electron chi connectivity index (χ2n) is 6.56. The van der Waals surface area contributed by atoms with E-state index < -0.39 is 0 Å². The highest BCUT2D eigenvalue weighted by Crippen LogP contribution is 2.23. The number of carbonyl (C=O) groups is 2. The van der Waals surface area contributed by atoms with Crippen molar-refractivity contribution in [3.05, 3.63) is 64.2 Å². The number of amides is 2. The molecule has 0 fully saturated rings. The molecule has 6 heteroatoms. The molecule has 0 saturated carbocycles. The van der Waals surface area contributed by atoms with Crippen LogP contribution in [0, 0.1) is 6.92 Å². The highest BCUT2D eigenvalue weighted by molar-refractivity contribution is 6.31. The summed E-state index contributed by atoms with van der Waals surface area (Å²) in [6.45, 7) is 1.84. The molecular formula is C21H22ClN3O2. The maximum absolute atomic E-state index is 12.1. The molecule has 5 nitrogen and oxygen atoms in total. The van der Waals surface area contributed by atoms with Gasteiger partial charge in [0, 0.05) is 29.1 Å². The van der Waals surface area contributed by atoms with Gasteiger partial charge in [-0.1, -0.05) is 41.9 Å². The second kappa shape index (κ2) is 8.82. The Labute approximate surface area is 163 Å². The molecule has 1 aliphatic carbocycles. The molecule has 0 bridgehead atoms. The zero-order valence-corrected chi connectivity index (χ0v) is 16.0. The van der Waals surface area contributed by atoms with Crippen LogP contribution in [0.4, 0.5) is 5.69 Å². The van der Waals surface area contributed by atoms with Crippen LogP contribution in [0.5, 0.6) is 0 Å². The summed E-state index contributed by atoms with van der Waals surface area (Å²) in [6.07, 6.45) is 3.05. The lowest BCUT2D eigenvalue weighted by atomic mass is 9.90. The summed E-state index contributed by atoms with van der Waals surface area (Å²) >= 11 is 6.05. The molecule has 2 aromatic carbocycles. The highest BCUT2D eigenvalue weighted by Gasteiger charge is 2.15. The van der Waals surface area contributed by atoms with Gasteiger partial charge in [0.25, 0.3) is 0 Å². The first-order valence-corrected chi connectivity index (χ1v) is 9.41. The number of hydrogen-bond donors (Lipinski definition) is 2. The molecule has 3 rings (SSSR count). The first-order chi connectivity index (χ1) is 13.0. The lowest BCUT2D eigenvalue weighted by Crippen LogP contribution is -2.23. The van der Waals surface area contributed by atoms with Crippen molar-refractivity contribution in [1.82, 2.24) is 5.43 Å². The molecule has 0 aromatic heterocycles. The van der Waals surface area contributed by atoms with Crippen molar-refractivity contribution in [2.75, 3.05) is 5.32 Å². The van der Waals surface area contributed by atoms with E-state index in [0.29, 0.717) is 10.7 Å². The summed E-state index contributed by atoms with van der Waals surface area (Å²) < 4.78 is 0. The largest absolute Gasteiger partial charge is 0.326 e. The molecule has 2 aromatic rings. The van der Waals surface area contributed by atoms with Crippen molar-refractivity contribution >= 4 is 34.8 Å². The fourth-order valence-corrected chi connectivity index (χ4v) is 3.26. The fourth-order valence-electron chi connectivity index (χ4n) is 3.09. The van der Waals surface area contributed by atoms with Crippen LogP contribution < -0.4 is 10.7 Å². The average Bonchev–Trinajstić information content (AvgIpc) is 2.68. The molecule has 1 aliphatic rings. The van der Waals surface area contributed by atoms with Gasteiger partial charge >= 0.3 is 0 Å². The van der Waals surface area contributed by atoms with E-state index in [9.17, 15) is 9.59 Å². The second-order valence-corrected chi connectivity index (χ2v) is 6.97. The molecule has 0 unspecified atom stereocenters. The maximum atomic E-state index is 12.1. The predicted octanol–water partition coefficient (Wildman–Crippen LogP) is 4.22. The number of aryl methyl sites for hydroxylation is 1. The average molecular weight is 384 g/mol. The first kappa shape index (κ1) is 19.1. The van der Waals surface area contributed by atoms with E-state index in [1.165, 1.54) is 5.56 Å². The standard InChI is InChI=1S/C21H22ClN3O2/c1-14-17(22)9-5-10-18(14)23-20(26)12-13-21(27)25-24-19-11-4-7-15-6-2-3-8-16(15)19/h2-3,5-6,8-10H,4,7,11-13H2,1H3,(H,23,26)(H,25,27). The molecule has 2 N–H and O–H groups in total. The van der Waals surface area contributed by atoms with Gasteiger partial charge in [-0.05, 0) is 49.4 Å². The molecule has 0 aliphatic heterocycles. The Morgan fingerprint density at radius 2 is 1.81 bits per heavy atom. The van der Waals surface area contributed by atoms with Gasteiger partial charge in [0.15, 0.2) is 0 Å². The molecule has 0 radical (unpaired) electrons. The fraction of sp³-hybridized carbons (Fsp3) is 0.286. The van der Waals surface area contributed by atoms with Crippen LogP contribution >= 0.6 is 11.6 Å². The molecule has 140 valence electrons. The first-order valence-electron chi connectivity index (χ1n) is 9.03. The van der Waals surface area contributed by atoms with Crippen LogP contribution in [-0.2, 0) is 16.0 Å². The van der Waals surface area contributed by atoms with Crippen molar-refractivity contribution in [3.63, 3.8) is 0 Å². The Morgan fingerprint density at radius 1 is 1.04 bits per heavy atom. The van der Waals surface area contributed by atoms with Gasteiger partial charge in [0.05, 0.1) is 5.71 Å². The summed E-state index contributed by atoms with van der Waals surface area (Å²) in [4.78, 5) is 24.1. The molecule has 0 heterocycles. The van der Waals surface area contributed by atoms with Crippen LogP contribution in [0.2, 0.25) is 5.02 Å².